The minimum atomic E-state index is -4.49. The molecule has 0 bridgehead atoms. The van der Waals surface area contributed by atoms with Crippen molar-refractivity contribution in [3.8, 4) is 0 Å². The molecule has 1 heterocycles. The largest absolute Gasteiger partial charge is 0.416 e. The zero-order chi connectivity index (χ0) is 19.8. The van der Waals surface area contributed by atoms with Crippen molar-refractivity contribution in [2.75, 3.05) is 16.8 Å². The first-order valence-corrected chi connectivity index (χ1v) is 8.99. The fourth-order valence-electron chi connectivity index (χ4n) is 2.95. The number of nitrogens with zero attached hydrogens (tertiary/aromatic N) is 1. The second-order valence-corrected chi connectivity index (χ2v) is 7.26. The van der Waals surface area contributed by atoms with Crippen LogP contribution in [0.2, 0.25) is 0 Å². The molecule has 8 heteroatoms. The van der Waals surface area contributed by atoms with Gasteiger partial charge in [0, 0.05) is 28.8 Å². The van der Waals surface area contributed by atoms with E-state index in [4.69, 9.17) is 0 Å². The van der Waals surface area contributed by atoms with E-state index in [1.807, 2.05) is 6.92 Å². The van der Waals surface area contributed by atoms with Gasteiger partial charge in [0.25, 0.3) is 0 Å². The summed E-state index contributed by atoms with van der Waals surface area (Å²) in [4.78, 5) is 26.0. The van der Waals surface area contributed by atoms with Gasteiger partial charge in [0.2, 0.25) is 11.8 Å². The summed E-state index contributed by atoms with van der Waals surface area (Å²) >= 11 is 3.38. The Kier molecular flexibility index (Phi) is 5.28. The molecule has 1 atom stereocenters. The molecule has 1 fully saturated rings. The summed E-state index contributed by atoms with van der Waals surface area (Å²) in [5.41, 5.74) is 0.863. The van der Waals surface area contributed by atoms with Gasteiger partial charge in [0.1, 0.15) is 0 Å². The maximum absolute atomic E-state index is 12.9. The average Bonchev–Trinajstić information content (AvgIpc) is 2.99. The van der Waals surface area contributed by atoms with E-state index in [1.54, 1.807) is 18.2 Å². The number of hydrogen-bond donors (Lipinski definition) is 1. The molecule has 3 rings (SSSR count). The Balaban J connectivity index is 1.73. The first-order chi connectivity index (χ1) is 12.6. The number of nitrogens with one attached hydrogen (secondary N) is 1. The third-order valence-corrected chi connectivity index (χ3v) is 5.30. The van der Waals surface area contributed by atoms with E-state index in [0.29, 0.717) is 5.69 Å². The topological polar surface area (TPSA) is 49.4 Å². The van der Waals surface area contributed by atoms with Crippen molar-refractivity contribution in [2.24, 2.45) is 5.92 Å². The second-order valence-electron chi connectivity index (χ2n) is 6.41. The molecular weight excluding hydrogens is 425 g/mol. The Morgan fingerprint density at radius 2 is 1.96 bits per heavy atom. The number of halogens is 4. The number of alkyl halides is 3. The van der Waals surface area contributed by atoms with Crippen LogP contribution in [0.5, 0.6) is 0 Å². The summed E-state index contributed by atoms with van der Waals surface area (Å²) in [5.74, 6) is -1.34. The van der Waals surface area contributed by atoms with Crippen molar-refractivity contribution in [1.29, 1.82) is 0 Å². The quantitative estimate of drug-likeness (QED) is 0.747. The standard InChI is InChI=1S/C19H16BrF3N2O2/c1-11-7-14(5-6-16(11)20)24-18(27)12-8-17(26)25(10-12)15-4-2-3-13(9-15)19(21,22)23/h2-7,9,12H,8,10H2,1H3,(H,24,27)/t12-/m1/s1. The average molecular weight is 441 g/mol. The van der Waals surface area contributed by atoms with Gasteiger partial charge in [-0.15, -0.1) is 0 Å². The van der Waals surface area contributed by atoms with Gasteiger partial charge in [-0.2, -0.15) is 13.2 Å². The van der Waals surface area contributed by atoms with Crippen molar-refractivity contribution in [3.05, 3.63) is 58.1 Å². The van der Waals surface area contributed by atoms with E-state index in [2.05, 4.69) is 21.2 Å². The monoisotopic (exact) mass is 440 g/mol. The minimum absolute atomic E-state index is 0.0431. The van der Waals surface area contributed by atoms with E-state index in [9.17, 15) is 22.8 Å². The van der Waals surface area contributed by atoms with Crippen molar-refractivity contribution in [3.63, 3.8) is 0 Å². The van der Waals surface area contributed by atoms with Crippen LogP contribution < -0.4 is 10.2 Å². The molecule has 2 aromatic carbocycles. The van der Waals surface area contributed by atoms with E-state index < -0.39 is 17.7 Å². The Bertz CT molecular complexity index is 899. The van der Waals surface area contributed by atoms with Gasteiger partial charge in [-0.3, -0.25) is 9.59 Å². The summed E-state index contributed by atoms with van der Waals surface area (Å²) in [7, 11) is 0. The molecule has 1 aliphatic rings. The van der Waals surface area contributed by atoms with Crippen LogP contribution in [0.15, 0.2) is 46.9 Å². The predicted octanol–water partition coefficient (Wildman–Crippen LogP) is 4.77. The predicted molar refractivity (Wildman–Crippen MR) is 99.4 cm³/mol. The first-order valence-electron chi connectivity index (χ1n) is 8.20. The highest BCUT2D eigenvalue weighted by molar-refractivity contribution is 9.10. The van der Waals surface area contributed by atoms with E-state index in [-0.39, 0.29) is 30.5 Å². The molecule has 0 aliphatic carbocycles. The van der Waals surface area contributed by atoms with Crippen LogP contribution in [0.25, 0.3) is 0 Å². The highest BCUT2D eigenvalue weighted by Gasteiger charge is 2.37. The number of rotatable bonds is 3. The molecule has 0 radical (unpaired) electrons. The smallest absolute Gasteiger partial charge is 0.326 e. The third-order valence-electron chi connectivity index (χ3n) is 4.41. The normalized spacial score (nSPS) is 17.3. The van der Waals surface area contributed by atoms with Gasteiger partial charge in [-0.05, 0) is 48.9 Å². The third kappa shape index (κ3) is 4.32. The molecule has 0 saturated carbocycles. The van der Waals surface area contributed by atoms with Crippen LogP contribution in [0.1, 0.15) is 17.5 Å². The highest BCUT2D eigenvalue weighted by atomic mass is 79.9. The first kappa shape index (κ1) is 19.4. The second kappa shape index (κ2) is 7.34. The van der Waals surface area contributed by atoms with Crippen LogP contribution in [-0.4, -0.2) is 18.4 Å². The van der Waals surface area contributed by atoms with Crippen molar-refractivity contribution < 1.29 is 22.8 Å². The Morgan fingerprint density at radius 1 is 1.22 bits per heavy atom. The number of aryl methyl sites for hydroxylation is 1. The lowest BCUT2D eigenvalue weighted by Gasteiger charge is -2.18. The van der Waals surface area contributed by atoms with Crippen molar-refractivity contribution >= 4 is 39.1 Å². The molecule has 1 aliphatic heterocycles. The van der Waals surface area contributed by atoms with Crippen molar-refractivity contribution in [1.82, 2.24) is 0 Å². The number of benzene rings is 2. The van der Waals surface area contributed by atoms with Gasteiger partial charge in [-0.25, -0.2) is 0 Å². The molecular formula is C19H16BrF3N2O2. The van der Waals surface area contributed by atoms with Gasteiger partial charge in [0.15, 0.2) is 0 Å². The van der Waals surface area contributed by atoms with Crippen molar-refractivity contribution in [2.45, 2.75) is 19.5 Å². The van der Waals surface area contributed by atoms with E-state index in [1.165, 1.54) is 17.0 Å². The maximum atomic E-state index is 12.9. The van der Waals surface area contributed by atoms with Gasteiger partial charge in [0.05, 0.1) is 11.5 Å². The molecule has 0 spiro atoms. The Hall–Kier alpha value is -2.35. The zero-order valence-electron chi connectivity index (χ0n) is 14.3. The molecule has 142 valence electrons. The number of anilines is 2. The molecule has 1 saturated heterocycles. The zero-order valence-corrected chi connectivity index (χ0v) is 15.9. The summed E-state index contributed by atoms with van der Waals surface area (Å²) in [6, 6.07) is 9.90. The molecule has 1 N–H and O–H groups in total. The minimum Gasteiger partial charge on any atom is -0.326 e. The number of hydrogen-bond acceptors (Lipinski definition) is 2. The van der Waals surface area contributed by atoms with Crippen LogP contribution in [0.3, 0.4) is 0 Å². The Labute approximate surface area is 162 Å². The number of carbonyl (C=O) groups is 2. The van der Waals surface area contributed by atoms with Crippen LogP contribution >= 0.6 is 15.9 Å². The fraction of sp³-hybridized carbons (Fsp3) is 0.263. The van der Waals surface area contributed by atoms with Crippen LogP contribution in [-0.2, 0) is 15.8 Å². The Morgan fingerprint density at radius 3 is 2.63 bits per heavy atom. The number of amides is 2. The molecule has 4 nitrogen and oxygen atoms in total. The molecule has 2 amide bonds. The lowest BCUT2D eigenvalue weighted by atomic mass is 10.1. The SMILES string of the molecule is Cc1cc(NC(=O)[C@@H]2CC(=O)N(c3cccc(C(F)(F)F)c3)C2)ccc1Br. The summed E-state index contributed by atoms with van der Waals surface area (Å²) < 4.78 is 39.6. The summed E-state index contributed by atoms with van der Waals surface area (Å²) in [5, 5.41) is 2.76. The highest BCUT2D eigenvalue weighted by Crippen LogP contribution is 2.33. The lowest BCUT2D eigenvalue weighted by molar-refractivity contribution is -0.137. The molecule has 2 aromatic rings. The maximum Gasteiger partial charge on any atom is 0.416 e. The lowest BCUT2D eigenvalue weighted by Crippen LogP contribution is -2.28. The number of carbonyl (C=O) groups excluding carboxylic acids is 2. The van der Waals surface area contributed by atoms with E-state index >= 15 is 0 Å². The molecule has 27 heavy (non-hydrogen) atoms. The van der Waals surface area contributed by atoms with Crippen LogP contribution in [0.4, 0.5) is 24.5 Å². The van der Waals surface area contributed by atoms with E-state index in [0.717, 1.165) is 22.2 Å². The van der Waals surface area contributed by atoms with Gasteiger partial charge in [-0.1, -0.05) is 22.0 Å². The molecule has 0 unspecified atom stereocenters. The molecule has 0 aromatic heterocycles. The summed E-state index contributed by atoms with van der Waals surface area (Å²) in [6.45, 7) is 1.93. The van der Waals surface area contributed by atoms with Gasteiger partial charge >= 0.3 is 6.18 Å². The van der Waals surface area contributed by atoms with Crippen LogP contribution in [0, 0.1) is 12.8 Å². The fourth-order valence-corrected chi connectivity index (χ4v) is 3.20. The summed E-state index contributed by atoms with van der Waals surface area (Å²) in [6.07, 6.45) is -4.54. The van der Waals surface area contributed by atoms with Gasteiger partial charge < -0.3 is 10.2 Å².